The van der Waals surface area contributed by atoms with E-state index in [2.05, 4.69) is 24.1 Å². The van der Waals surface area contributed by atoms with Gasteiger partial charge in [-0.25, -0.2) is 4.98 Å². The van der Waals surface area contributed by atoms with Crippen molar-refractivity contribution in [1.82, 2.24) is 9.88 Å². The molecule has 0 spiro atoms. The van der Waals surface area contributed by atoms with Gasteiger partial charge in [0.1, 0.15) is 11.5 Å². The van der Waals surface area contributed by atoms with Crippen molar-refractivity contribution in [3.05, 3.63) is 22.8 Å². The van der Waals surface area contributed by atoms with E-state index in [-0.39, 0.29) is 11.9 Å². The highest BCUT2D eigenvalue weighted by Crippen LogP contribution is 2.26. The van der Waals surface area contributed by atoms with E-state index in [9.17, 15) is 4.79 Å². The fourth-order valence-corrected chi connectivity index (χ4v) is 2.90. The highest BCUT2D eigenvalue weighted by Gasteiger charge is 2.29. The van der Waals surface area contributed by atoms with Crippen molar-refractivity contribution in [2.45, 2.75) is 39.7 Å². The van der Waals surface area contributed by atoms with Crippen LogP contribution in [0.15, 0.2) is 12.1 Å². The lowest BCUT2D eigenvalue weighted by molar-refractivity contribution is 0.0583. The topological polar surface area (TPSA) is 45.2 Å². The number of hydrogen-bond acceptors (Lipinski definition) is 3. The molecule has 20 heavy (non-hydrogen) atoms. The van der Waals surface area contributed by atoms with Crippen LogP contribution in [0, 0.1) is 5.92 Å². The largest absolute Gasteiger partial charge is 0.370 e. The molecule has 1 aromatic rings. The zero-order valence-electron chi connectivity index (χ0n) is 12.3. The van der Waals surface area contributed by atoms with Crippen molar-refractivity contribution >= 4 is 23.3 Å². The fraction of sp³-hybridized carbons (Fsp3) is 0.600. The number of carbonyl (C=O) groups excluding carboxylic acids is 1. The SMILES string of the molecule is CCNc1ccc(Cl)c(C(=O)N2CCC(C)CC2C)n1. The van der Waals surface area contributed by atoms with Crippen molar-refractivity contribution in [3.63, 3.8) is 0 Å². The summed E-state index contributed by atoms with van der Waals surface area (Å²) in [4.78, 5) is 18.9. The molecule has 4 nitrogen and oxygen atoms in total. The molecule has 110 valence electrons. The molecule has 2 heterocycles. The van der Waals surface area contributed by atoms with Crippen LogP contribution in [0.1, 0.15) is 44.1 Å². The van der Waals surface area contributed by atoms with Gasteiger partial charge in [0.2, 0.25) is 0 Å². The molecule has 0 aliphatic carbocycles. The summed E-state index contributed by atoms with van der Waals surface area (Å²) in [6.07, 6.45) is 2.08. The molecule has 1 fully saturated rings. The minimum absolute atomic E-state index is 0.0610. The lowest BCUT2D eigenvalue weighted by Gasteiger charge is -2.36. The van der Waals surface area contributed by atoms with E-state index in [4.69, 9.17) is 11.6 Å². The maximum Gasteiger partial charge on any atom is 0.274 e. The Hall–Kier alpha value is -1.29. The van der Waals surface area contributed by atoms with Gasteiger partial charge in [-0.3, -0.25) is 4.79 Å². The first-order chi connectivity index (χ1) is 9.52. The molecular formula is C15H22ClN3O. The summed E-state index contributed by atoms with van der Waals surface area (Å²) in [6, 6.07) is 3.77. The first-order valence-electron chi connectivity index (χ1n) is 7.24. The molecule has 1 aromatic heterocycles. The van der Waals surface area contributed by atoms with Crippen molar-refractivity contribution in [2.24, 2.45) is 5.92 Å². The molecule has 5 heteroatoms. The zero-order chi connectivity index (χ0) is 14.7. The summed E-state index contributed by atoms with van der Waals surface area (Å²) in [5.74, 6) is 1.30. The molecule has 1 N–H and O–H groups in total. The van der Waals surface area contributed by atoms with E-state index in [0.717, 1.165) is 25.9 Å². The average molecular weight is 296 g/mol. The number of piperidine rings is 1. The molecule has 2 atom stereocenters. The molecule has 1 saturated heterocycles. The Morgan fingerprint density at radius 1 is 1.50 bits per heavy atom. The predicted octanol–water partition coefficient (Wildman–Crippen LogP) is 3.43. The minimum atomic E-state index is -0.0610. The van der Waals surface area contributed by atoms with Crippen LogP contribution >= 0.6 is 11.6 Å². The number of anilines is 1. The number of pyridine rings is 1. The Morgan fingerprint density at radius 3 is 2.90 bits per heavy atom. The summed E-state index contributed by atoms with van der Waals surface area (Å²) >= 11 is 6.15. The molecule has 1 aliphatic rings. The molecule has 0 bridgehead atoms. The summed E-state index contributed by atoms with van der Waals surface area (Å²) < 4.78 is 0. The van der Waals surface area contributed by atoms with Gasteiger partial charge in [0, 0.05) is 19.1 Å². The van der Waals surface area contributed by atoms with Crippen LogP contribution in [0.5, 0.6) is 0 Å². The summed E-state index contributed by atoms with van der Waals surface area (Å²) in [5, 5.41) is 3.53. The molecule has 1 aliphatic heterocycles. The van der Waals surface area contributed by atoms with Gasteiger partial charge in [-0.2, -0.15) is 0 Å². The van der Waals surface area contributed by atoms with Crippen LogP contribution in [-0.2, 0) is 0 Å². The number of hydrogen-bond donors (Lipinski definition) is 1. The summed E-state index contributed by atoms with van der Waals surface area (Å²) in [6.45, 7) is 7.86. The van der Waals surface area contributed by atoms with E-state index < -0.39 is 0 Å². The minimum Gasteiger partial charge on any atom is -0.370 e. The van der Waals surface area contributed by atoms with E-state index in [0.29, 0.717) is 22.5 Å². The first-order valence-corrected chi connectivity index (χ1v) is 7.62. The number of likely N-dealkylation sites (tertiary alicyclic amines) is 1. The Balaban J connectivity index is 2.21. The van der Waals surface area contributed by atoms with Crippen LogP contribution in [0.2, 0.25) is 5.02 Å². The third kappa shape index (κ3) is 3.23. The third-order valence-electron chi connectivity index (χ3n) is 3.81. The van der Waals surface area contributed by atoms with E-state index in [1.807, 2.05) is 11.8 Å². The normalized spacial score (nSPS) is 22.7. The average Bonchev–Trinajstić information content (AvgIpc) is 2.40. The number of rotatable bonds is 3. The Bertz CT molecular complexity index is 492. The quantitative estimate of drug-likeness (QED) is 0.929. The van der Waals surface area contributed by atoms with Crippen LogP contribution in [0.4, 0.5) is 5.82 Å². The number of nitrogens with one attached hydrogen (secondary N) is 1. The smallest absolute Gasteiger partial charge is 0.274 e. The van der Waals surface area contributed by atoms with Gasteiger partial charge in [0.15, 0.2) is 0 Å². The van der Waals surface area contributed by atoms with Gasteiger partial charge in [0.05, 0.1) is 5.02 Å². The Kier molecular flexibility index (Phi) is 4.86. The molecular weight excluding hydrogens is 274 g/mol. The number of halogens is 1. The first kappa shape index (κ1) is 15.1. The molecule has 2 unspecified atom stereocenters. The number of nitrogens with zero attached hydrogens (tertiary/aromatic N) is 2. The number of amides is 1. The van der Waals surface area contributed by atoms with Gasteiger partial charge in [-0.15, -0.1) is 0 Å². The van der Waals surface area contributed by atoms with Gasteiger partial charge < -0.3 is 10.2 Å². The van der Waals surface area contributed by atoms with E-state index in [1.165, 1.54) is 0 Å². The fourth-order valence-electron chi connectivity index (χ4n) is 2.72. The van der Waals surface area contributed by atoms with Crippen LogP contribution in [-0.4, -0.2) is 34.9 Å². The van der Waals surface area contributed by atoms with Crippen molar-refractivity contribution in [3.8, 4) is 0 Å². The Morgan fingerprint density at radius 2 is 2.25 bits per heavy atom. The second-order valence-corrected chi connectivity index (χ2v) is 5.94. The maximum atomic E-state index is 12.6. The van der Waals surface area contributed by atoms with Crippen LogP contribution in [0.25, 0.3) is 0 Å². The molecule has 1 amide bonds. The van der Waals surface area contributed by atoms with Gasteiger partial charge in [-0.05, 0) is 44.7 Å². The van der Waals surface area contributed by atoms with E-state index in [1.54, 1.807) is 12.1 Å². The van der Waals surface area contributed by atoms with Crippen molar-refractivity contribution < 1.29 is 4.79 Å². The molecule has 2 rings (SSSR count). The lowest BCUT2D eigenvalue weighted by atomic mass is 9.93. The predicted molar refractivity (Wildman–Crippen MR) is 82.3 cm³/mol. The van der Waals surface area contributed by atoms with Gasteiger partial charge >= 0.3 is 0 Å². The van der Waals surface area contributed by atoms with Crippen molar-refractivity contribution in [1.29, 1.82) is 0 Å². The maximum absolute atomic E-state index is 12.6. The molecule has 0 saturated carbocycles. The number of carbonyl (C=O) groups is 1. The van der Waals surface area contributed by atoms with Crippen LogP contribution in [0.3, 0.4) is 0 Å². The second kappa shape index (κ2) is 6.44. The number of aromatic nitrogens is 1. The van der Waals surface area contributed by atoms with Gasteiger partial charge in [-0.1, -0.05) is 18.5 Å². The second-order valence-electron chi connectivity index (χ2n) is 5.53. The highest BCUT2D eigenvalue weighted by atomic mass is 35.5. The third-order valence-corrected chi connectivity index (χ3v) is 4.11. The lowest BCUT2D eigenvalue weighted by Crippen LogP contribution is -2.44. The Labute approximate surface area is 125 Å². The standard InChI is InChI=1S/C15H22ClN3O/c1-4-17-13-6-5-12(16)14(18-13)15(20)19-8-7-10(2)9-11(19)3/h5-6,10-11H,4,7-9H2,1-3H3,(H,17,18). The highest BCUT2D eigenvalue weighted by molar-refractivity contribution is 6.33. The molecule has 0 radical (unpaired) electrons. The monoisotopic (exact) mass is 295 g/mol. The van der Waals surface area contributed by atoms with Crippen LogP contribution < -0.4 is 5.32 Å². The zero-order valence-corrected chi connectivity index (χ0v) is 13.1. The van der Waals surface area contributed by atoms with Crippen molar-refractivity contribution in [2.75, 3.05) is 18.4 Å². The summed E-state index contributed by atoms with van der Waals surface area (Å²) in [7, 11) is 0. The summed E-state index contributed by atoms with van der Waals surface area (Å²) in [5.41, 5.74) is 0.353. The molecule has 0 aromatic carbocycles. The van der Waals surface area contributed by atoms with E-state index >= 15 is 0 Å². The van der Waals surface area contributed by atoms with Gasteiger partial charge in [0.25, 0.3) is 5.91 Å².